The van der Waals surface area contributed by atoms with E-state index in [-0.39, 0.29) is 29.3 Å². The monoisotopic (exact) mass is 388 g/mol. The van der Waals surface area contributed by atoms with Crippen LogP contribution >= 0.6 is 0 Å². The Kier molecular flexibility index (Phi) is 5.90. The molecule has 1 aromatic rings. The SMILES string of the molecule is C[C@H](NC(=O)[C@@H]1CCCN(S(C)(=O)=O)C1)c1ccc(S(C)(=O)=O)cc1. The van der Waals surface area contributed by atoms with Gasteiger partial charge in [-0.2, -0.15) is 0 Å². The molecule has 1 heterocycles. The van der Waals surface area contributed by atoms with Crippen LogP contribution in [0.1, 0.15) is 31.4 Å². The van der Waals surface area contributed by atoms with Crippen LogP contribution in [0, 0.1) is 5.92 Å². The van der Waals surface area contributed by atoms with Crippen LogP contribution in [0.5, 0.6) is 0 Å². The second-order valence-electron chi connectivity index (χ2n) is 6.53. The van der Waals surface area contributed by atoms with E-state index in [1.54, 1.807) is 12.1 Å². The molecule has 0 radical (unpaired) electrons. The Morgan fingerprint density at radius 3 is 2.28 bits per heavy atom. The van der Waals surface area contributed by atoms with Crippen LogP contribution < -0.4 is 5.32 Å². The van der Waals surface area contributed by atoms with E-state index in [2.05, 4.69) is 5.32 Å². The Bertz CT molecular complexity index is 832. The first-order valence-electron chi connectivity index (χ1n) is 8.04. The van der Waals surface area contributed by atoms with Gasteiger partial charge in [-0.15, -0.1) is 0 Å². The molecule has 1 saturated heterocycles. The molecule has 1 amide bonds. The molecule has 0 bridgehead atoms. The molecule has 1 aromatic carbocycles. The fourth-order valence-electron chi connectivity index (χ4n) is 2.88. The van der Waals surface area contributed by atoms with Gasteiger partial charge in [-0.3, -0.25) is 4.79 Å². The van der Waals surface area contributed by atoms with E-state index in [9.17, 15) is 21.6 Å². The number of carbonyl (C=O) groups is 1. The number of rotatable bonds is 5. The van der Waals surface area contributed by atoms with Crippen molar-refractivity contribution in [1.29, 1.82) is 0 Å². The predicted octanol–water partition coefficient (Wildman–Crippen LogP) is 0.939. The summed E-state index contributed by atoms with van der Waals surface area (Å²) >= 11 is 0. The number of piperidine rings is 1. The fourth-order valence-corrected chi connectivity index (χ4v) is 4.42. The highest BCUT2D eigenvalue weighted by Gasteiger charge is 2.30. The zero-order chi connectivity index (χ0) is 18.8. The molecule has 140 valence electrons. The van der Waals surface area contributed by atoms with Crippen molar-refractivity contribution in [2.45, 2.75) is 30.7 Å². The van der Waals surface area contributed by atoms with Gasteiger partial charge in [0.05, 0.1) is 23.1 Å². The maximum absolute atomic E-state index is 12.5. The van der Waals surface area contributed by atoms with Gasteiger partial charge in [0, 0.05) is 19.3 Å². The third-order valence-corrected chi connectivity index (χ3v) is 6.79. The van der Waals surface area contributed by atoms with E-state index >= 15 is 0 Å². The van der Waals surface area contributed by atoms with Crippen LogP contribution in [0.2, 0.25) is 0 Å². The summed E-state index contributed by atoms with van der Waals surface area (Å²) in [5, 5.41) is 2.89. The zero-order valence-corrected chi connectivity index (χ0v) is 16.2. The Hall–Kier alpha value is -1.45. The normalized spacial score (nSPS) is 20.8. The summed E-state index contributed by atoms with van der Waals surface area (Å²) in [7, 11) is -6.55. The highest BCUT2D eigenvalue weighted by Crippen LogP contribution is 2.21. The number of hydrogen-bond acceptors (Lipinski definition) is 5. The van der Waals surface area contributed by atoms with Gasteiger partial charge in [0.15, 0.2) is 9.84 Å². The third kappa shape index (κ3) is 5.26. The molecule has 1 fully saturated rings. The average Bonchev–Trinajstić information content (AvgIpc) is 2.53. The van der Waals surface area contributed by atoms with Gasteiger partial charge in [-0.05, 0) is 37.5 Å². The molecule has 2 rings (SSSR count). The summed E-state index contributed by atoms with van der Waals surface area (Å²) in [6.45, 7) is 2.46. The number of carbonyl (C=O) groups excluding carboxylic acids is 1. The van der Waals surface area contributed by atoms with Crippen molar-refractivity contribution < 1.29 is 21.6 Å². The lowest BCUT2D eigenvalue weighted by molar-refractivity contribution is -0.126. The molecular weight excluding hydrogens is 364 g/mol. The highest BCUT2D eigenvalue weighted by atomic mass is 32.2. The van der Waals surface area contributed by atoms with Crippen LogP contribution in [-0.2, 0) is 24.7 Å². The summed E-state index contributed by atoms with van der Waals surface area (Å²) in [5.41, 5.74) is 0.788. The minimum atomic E-state index is -3.30. The molecule has 0 spiro atoms. The van der Waals surface area contributed by atoms with E-state index in [1.165, 1.54) is 16.4 Å². The largest absolute Gasteiger partial charge is 0.349 e. The molecule has 25 heavy (non-hydrogen) atoms. The van der Waals surface area contributed by atoms with Gasteiger partial charge in [0.1, 0.15) is 0 Å². The maximum atomic E-state index is 12.5. The molecule has 1 aliphatic rings. The first-order valence-corrected chi connectivity index (χ1v) is 11.8. The molecule has 9 heteroatoms. The highest BCUT2D eigenvalue weighted by molar-refractivity contribution is 7.90. The summed E-state index contributed by atoms with van der Waals surface area (Å²) in [4.78, 5) is 12.7. The van der Waals surface area contributed by atoms with Crippen molar-refractivity contribution in [3.8, 4) is 0 Å². The first kappa shape index (κ1) is 19.9. The predicted molar refractivity (Wildman–Crippen MR) is 95.3 cm³/mol. The van der Waals surface area contributed by atoms with E-state index in [4.69, 9.17) is 0 Å². The number of amides is 1. The van der Waals surface area contributed by atoms with Crippen molar-refractivity contribution >= 4 is 25.8 Å². The number of nitrogens with one attached hydrogen (secondary N) is 1. The number of hydrogen-bond donors (Lipinski definition) is 1. The molecule has 2 atom stereocenters. The van der Waals surface area contributed by atoms with Gasteiger partial charge in [0.25, 0.3) is 0 Å². The minimum absolute atomic E-state index is 0.187. The number of sulfonamides is 1. The average molecular weight is 389 g/mol. The van der Waals surface area contributed by atoms with E-state index < -0.39 is 19.9 Å². The van der Waals surface area contributed by atoms with Gasteiger partial charge in [0.2, 0.25) is 15.9 Å². The standard InChI is InChI=1S/C16H24N2O5S2/c1-12(13-6-8-15(9-7-13)24(2,20)21)17-16(19)14-5-4-10-18(11-14)25(3,22)23/h6-9,12,14H,4-5,10-11H2,1-3H3,(H,17,19)/t12-,14+/m0/s1. The van der Waals surface area contributed by atoms with Crippen molar-refractivity contribution in [2.24, 2.45) is 5.92 Å². The van der Waals surface area contributed by atoms with E-state index in [1.807, 2.05) is 6.92 Å². The lowest BCUT2D eigenvalue weighted by atomic mass is 9.98. The van der Waals surface area contributed by atoms with Gasteiger partial charge in [-0.25, -0.2) is 21.1 Å². The Morgan fingerprint density at radius 1 is 1.16 bits per heavy atom. The van der Waals surface area contributed by atoms with Crippen molar-refractivity contribution in [2.75, 3.05) is 25.6 Å². The van der Waals surface area contributed by atoms with Gasteiger partial charge in [-0.1, -0.05) is 12.1 Å². The van der Waals surface area contributed by atoms with Crippen LogP contribution in [0.3, 0.4) is 0 Å². The van der Waals surface area contributed by atoms with Gasteiger partial charge < -0.3 is 5.32 Å². The summed E-state index contributed by atoms with van der Waals surface area (Å²) in [6.07, 6.45) is 3.60. The Balaban J connectivity index is 2.02. The van der Waals surface area contributed by atoms with Gasteiger partial charge >= 0.3 is 0 Å². The maximum Gasteiger partial charge on any atom is 0.224 e. The molecule has 0 aliphatic carbocycles. The van der Waals surface area contributed by atoms with E-state index in [0.717, 1.165) is 18.1 Å². The second kappa shape index (κ2) is 7.43. The van der Waals surface area contributed by atoms with Crippen molar-refractivity contribution in [3.05, 3.63) is 29.8 Å². The van der Waals surface area contributed by atoms with E-state index in [0.29, 0.717) is 19.4 Å². The minimum Gasteiger partial charge on any atom is -0.349 e. The van der Waals surface area contributed by atoms with Crippen LogP contribution in [0.4, 0.5) is 0 Å². The van der Waals surface area contributed by atoms with Crippen LogP contribution in [0.15, 0.2) is 29.2 Å². The Labute approximate surface area is 149 Å². The molecule has 1 aliphatic heterocycles. The molecular formula is C16H24N2O5S2. The molecule has 7 nitrogen and oxygen atoms in total. The summed E-state index contributed by atoms with van der Waals surface area (Å²) < 4.78 is 47.6. The number of benzene rings is 1. The van der Waals surface area contributed by atoms with Crippen LogP contribution in [-0.4, -0.2) is 52.6 Å². The summed E-state index contributed by atoms with van der Waals surface area (Å²) in [6, 6.07) is 6.07. The fraction of sp³-hybridized carbons (Fsp3) is 0.562. The molecule has 0 aromatic heterocycles. The molecule has 1 N–H and O–H groups in total. The number of sulfone groups is 1. The number of nitrogens with zero attached hydrogens (tertiary/aromatic N) is 1. The molecule has 0 unspecified atom stereocenters. The topological polar surface area (TPSA) is 101 Å². The first-order chi connectivity index (χ1) is 11.5. The zero-order valence-electron chi connectivity index (χ0n) is 14.6. The quantitative estimate of drug-likeness (QED) is 0.809. The smallest absolute Gasteiger partial charge is 0.224 e. The van der Waals surface area contributed by atoms with Crippen molar-refractivity contribution in [3.63, 3.8) is 0 Å². The summed E-state index contributed by atoms with van der Waals surface area (Å²) in [5.74, 6) is -0.561. The van der Waals surface area contributed by atoms with Crippen LogP contribution in [0.25, 0.3) is 0 Å². The van der Waals surface area contributed by atoms with Crippen molar-refractivity contribution in [1.82, 2.24) is 9.62 Å². The lowest BCUT2D eigenvalue weighted by Gasteiger charge is -2.30. The Morgan fingerprint density at radius 2 is 1.76 bits per heavy atom. The lowest BCUT2D eigenvalue weighted by Crippen LogP contribution is -2.45. The second-order valence-corrected chi connectivity index (χ2v) is 10.5. The third-order valence-electron chi connectivity index (χ3n) is 4.39. The molecule has 0 saturated carbocycles.